The lowest BCUT2D eigenvalue weighted by Crippen LogP contribution is -2.16. The van der Waals surface area contributed by atoms with Gasteiger partial charge in [0, 0.05) is 10.9 Å². The molecule has 0 heterocycles. The van der Waals surface area contributed by atoms with Gasteiger partial charge in [-0.2, -0.15) is 0 Å². The molecule has 0 aliphatic heterocycles. The fraction of sp³-hybridized carbons (Fsp3) is 0.600. The summed E-state index contributed by atoms with van der Waals surface area (Å²) in [6.07, 6.45) is 5.19. The summed E-state index contributed by atoms with van der Waals surface area (Å²) in [6, 6.07) is 4.94. The van der Waals surface area contributed by atoms with E-state index in [0.717, 1.165) is 4.47 Å². The molecule has 1 aromatic rings. The van der Waals surface area contributed by atoms with Crippen molar-refractivity contribution in [1.82, 2.24) is 0 Å². The van der Waals surface area contributed by atoms with Gasteiger partial charge in [-0.15, -0.1) is 0 Å². The second-order valence-corrected chi connectivity index (χ2v) is 6.61. The third-order valence-electron chi connectivity index (χ3n) is 4.60. The number of fused-ring (bicyclic) bond motifs is 1. The lowest BCUT2D eigenvalue weighted by atomic mass is 10.0. The molecule has 0 spiro atoms. The summed E-state index contributed by atoms with van der Waals surface area (Å²) in [5.74, 6) is 1.64. The van der Waals surface area contributed by atoms with Gasteiger partial charge < -0.3 is 5.11 Å². The van der Waals surface area contributed by atoms with E-state index in [0.29, 0.717) is 29.7 Å². The minimum atomic E-state index is -0.373. The molecule has 0 saturated heterocycles. The predicted molar refractivity (Wildman–Crippen MR) is 72.7 cm³/mol. The lowest BCUT2D eigenvalue weighted by molar-refractivity contribution is 0.139. The topological polar surface area (TPSA) is 20.2 Å². The number of hydrogen-bond acceptors (Lipinski definition) is 1. The quantitative estimate of drug-likeness (QED) is 0.896. The first-order chi connectivity index (χ1) is 8.66. The highest BCUT2D eigenvalue weighted by Gasteiger charge is 2.53. The molecule has 2 aliphatic rings. The molecule has 3 atom stereocenters. The summed E-state index contributed by atoms with van der Waals surface area (Å²) < 4.78 is 14.5. The third-order valence-corrected chi connectivity index (χ3v) is 5.10. The van der Waals surface area contributed by atoms with Crippen molar-refractivity contribution in [3.05, 3.63) is 34.1 Å². The number of benzene rings is 1. The van der Waals surface area contributed by atoms with Gasteiger partial charge in [-0.25, -0.2) is 4.39 Å². The van der Waals surface area contributed by atoms with Crippen LogP contribution >= 0.6 is 15.9 Å². The van der Waals surface area contributed by atoms with Crippen molar-refractivity contribution in [1.29, 1.82) is 0 Å². The maximum atomic E-state index is 13.7. The molecule has 3 heteroatoms. The van der Waals surface area contributed by atoms with Gasteiger partial charge in [-0.05, 0) is 54.4 Å². The Balaban J connectivity index is 1.67. The lowest BCUT2D eigenvalue weighted by Gasteiger charge is -2.11. The van der Waals surface area contributed by atoms with Crippen molar-refractivity contribution in [3.8, 4) is 0 Å². The molecule has 1 nitrogen and oxygen atoms in total. The molecule has 0 amide bonds. The normalized spacial score (nSPS) is 31.8. The van der Waals surface area contributed by atoms with Crippen molar-refractivity contribution in [2.45, 2.75) is 38.2 Å². The Hall–Kier alpha value is -0.410. The van der Waals surface area contributed by atoms with Gasteiger partial charge in [0.05, 0.1) is 6.10 Å². The van der Waals surface area contributed by atoms with Crippen molar-refractivity contribution in [2.75, 3.05) is 0 Å². The molecule has 2 saturated carbocycles. The standard InChI is InChI=1S/C15H18BrFO/c16-10-5-6-13(17)9(7-10)8-14(18)15-11-3-1-2-4-12(11)15/h5-7,11-12,14-15,18H,1-4,8H2. The molecule has 0 bridgehead atoms. The molecule has 18 heavy (non-hydrogen) atoms. The monoisotopic (exact) mass is 312 g/mol. The number of rotatable bonds is 3. The van der Waals surface area contributed by atoms with E-state index in [4.69, 9.17) is 0 Å². The van der Waals surface area contributed by atoms with E-state index in [1.54, 1.807) is 12.1 Å². The fourth-order valence-electron chi connectivity index (χ4n) is 3.68. The Morgan fingerprint density at radius 1 is 1.28 bits per heavy atom. The zero-order chi connectivity index (χ0) is 12.7. The van der Waals surface area contributed by atoms with Crippen LogP contribution in [0, 0.1) is 23.6 Å². The second kappa shape index (κ2) is 4.93. The Bertz CT molecular complexity index is 436. The van der Waals surface area contributed by atoms with Gasteiger partial charge in [0.25, 0.3) is 0 Å². The molecular formula is C15H18BrFO. The highest BCUT2D eigenvalue weighted by atomic mass is 79.9. The molecule has 0 aromatic heterocycles. The molecule has 2 aliphatic carbocycles. The van der Waals surface area contributed by atoms with E-state index in [-0.39, 0.29) is 11.9 Å². The minimum absolute atomic E-state index is 0.208. The second-order valence-electron chi connectivity index (χ2n) is 5.70. The zero-order valence-electron chi connectivity index (χ0n) is 10.3. The van der Waals surface area contributed by atoms with Gasteiger partial charge in [0.2, 0.25) is 0 Å². The van der Waals surface area contributed by atoms with E-state index < -0.39 is 0 Å². The molecule has 2 fully saturated rings. The molecule has 98 valence electrons. The maximum absolute atomic E-state index is 13.7. The van der Waals surface area contributed by atoms with Crippen LogP contribution in [0.2, 0.25) is 0 Å². The maximum Gasteiger partial charge on any atom is 0.126 e. The van der Waals surface area contributed by atoms with E-state index >= 15 is 0 Å². The summed E-state index contributed by atoms with van der Waals surface area (Å²) >= 11 is 3.35. The van der Waals surface area contributed by atoms with Crippen molar-refractivity contribution in [2.24, 2.45) is 17.8 Å². The van der Waals surface area contributed by atoms with Crippen LogP contribution in [0.15, 0.2) is 22.7 Å². The molecule has 3 rings (SSSR count). The van der Waals surface area contributed by atoms with E-state index in [1.807, 2.05) is 0 Å². The summed E-state index contributed by atoms with van der Waals surface area (Å²) in [5.41, 5.74) is 0.625. The van der Waals surface area contributed by atoms with E-state index in [9.17, 15) is 9.50 Å². The first kappa shape index (κ1) is 12.6. The predicted octanol–water partition coefficient (Wildman–Crippen LogP) is 3.93. The van der Waals surface area contributed by atoms with Crippen LogP contribution in [0.3, 0.4) is 0 Å². The van der Waals surface area contributed by atoms with Gasteiger partial charge in [0.1, 0.15) is 5.82 Å². The van der Waals surface area contributed by atoms with Gasteiger partial charge in [0.15, 0.2) is 0 Å². The largest absolute Gasteiger partial charge is 0.392 e. The molecule has 1 N–H and O–H groups in total. The molecule has 1 aromatic carbocycles. The Morgan fingerprint density at radius 2 is 1.94 bits per heavy atom. The fourth-order valence-corrected chi connectivity index (χ4v) is 4.09. The summed E-state index contributed by atoms with van der Waals surface area (Å²) in [7, 11) is 0. The third kappa shape index (κ3) is 2.35. The van der Waals surface area contributed by atoms with Crippen LogP contribution in [0.1, 0.15) is 31.2 Å². The van der Waals surface area contributed by atoms with Crippen molar-refractivity contribution < 1.29 is 9.50 Å². The van der Waals surface area contributed by atoms with Crippen LogP contribution in [0.25, 0.3) is 0 Å². The average Bonchev–Trinajstić information content (AvgIpc) is 3.08. The number of aliphatic hydroxyl groups excluding tert-OH is 1. The van der Waals surface area contributed by atoms with Gasteiger partial charge in [-0.1, -0.05) is 28.8 Å². The van der Waals surface area contributed by atoms with Crippen LogP contribution in [0.4, 0.5) is 4.39 Å². The summed E-state index contributed by atoms with van der Waals surface area (Å²) in [4.78, 5) is 0. The van der Waals surface area contributed by atoms with E-state index in [1.165, 1.54) is 31.7 Å². The first-order valence-electron chi connectivity index (χ1n) is 6.79. The van der Waals surface area contributed by atoms with Crippen LogP contribution in [-0.2, 0) is 6.42 Å². The summed E-state index contributed by atoms with van der Waals surface area (Å²) in [6.45, 7) is 0. The highest BCUT2D eigenvalue weighted by Crippen LogP contribution is 2.57. The van der Waals surface area contributed by atoms with Gasteiger partial charge >= 0.3 is 0 Å². The van der Waals surface area contributed by atoms with Gasteiger partial charge in [-0.3, -0.25) is 0 Å². The van der Waals surface area contributed by atoms with Crippen LogP contribution in [0.5, 0.6) is 0 Å². The van der Waals surface area contributed by atoms with Crippen LogP contribution in [-0.4, -0.2) is 11.2 Å². The Kier molecular flexibility index (Phi) is 3.46. The minimum Gasteiger partial charge on any atom is -0.392 e. The first-order valence-corrected chi connectivity index (χ1v) is 7.58. The highest BCUT2D eigenvalue weighted by molar-refractivity contribution is 9.10. The van der Waals surface area contributed by atoms with E-state index in [2.05, 4.69) is 15.9 Å². The SMILES string of the molecule is OC(Cc1cc(Br)ccc1F)C1C2CCCCC21. The molecule has 0 radical (unpaired) electrons. The summed E-state index contributed by atoms with van der Waals surface area (Å²) in [5, 5.41) is 10.3. The zero-order valence-corrected chi connectivity index (χ0v) is 11.9. The molecule has 3 unspecified atom stereocenters. The number of hydrogen-bond donors (Lipinski definition) is 1. The Labute approximate surface area is 116 Å². The van der Waals surface area contributed by atoms with Crippen molar-refractivity contribution >= 4 is 15.9 Å². The molecular weight excluding hydrogens is 295 g/mol. The van der Waals surface area contributed by atoms with Crippen LogP contribution < -0.4 is 0 Å². The average molecular weight is 313 g/mol. The smallest absolute Gasteiger partial charge is 0.126 e. The Morgan fingerprint density at radius 3 is 2.61 bits per heavy atom. The number of halogens is 2. The number of aliphatic hydroxyl groups is 1. The van der Waals surface area contributed by atoms with Crippen molar-refractivity contribution in [3.63, 3.8) is 0 Å².